The SMILES string of the molecule is CCCCN(C)C(=O)C1CC1C(=O)Nc1ccc(C#N)cc1. The maximum Gasteiger partial charge on any atom is 0.228 e. The number of anilines is 1. The lowest BCUT2D eigenvalue weighted by atomic mass is 10.2. The monoisotopic (exact) mass is 299 g/mol. The molecule has 1 N–H and O–H groups in total. The van der Waals surface area contributed by atoms with Crippen LogP contribution in [0.1, 0.15) is 31.7 Å². The van der Waals surface area contributed by atoms with Crippen LogP contribution in [0.4, 0.5) is 5.69 Å². The van der Waals surface area contributed by atoms with Crippen molar-refractivity contribution in [3.8, 4) is 6.07 Å². The zero-order chi connectivity index (χ0) is 16.1. The van der Waals surface area contributed by atoms with E-state index in [-0.39, 0.29) is 23.7 Å². The van der Waals surface area contributed by atoms with Crippen LogP contribution in [0.25, 0.3) is 0 Å². The average molecular weight is 299 g/mol. The molecule has 0 aliphatic heterocycles. The smallest absolute Gasteiger partial charge is 0.228 e. The number of carbonyl (C=O) groups excluding carboxylic acids is 2. The Morgan fingerprint density at radius 1 is 1.32 bits per heavy atom. The number of hydrogen-bond donors (Lipinski definition) is 1. The highest BCUT2D eigenvalue weighted by atomic mass is 16.2. The van der Waals surface area contributed by atoms with Crippen molar-refractivity contribution in [3.05, 3.63) is 29.8 Å². The second-order valence-electron chi connectivity index (χ2n) is 5.74. The Hall–Kier alpha value is -2.35. The van der Waals surface area contributed by atoms with Gasteiger partial charge in [-0.05, 0) is 37.1 Å². The summed E-state index contributed by atoms with van der Waals surface area (Å²) in [4.78, 5) is 26.0. The highest BCUT2D eigenvalue weighted by Crippen LogP contribution is 2.40. The molecule has 5 heteroatoms. The number of nitrogens with one attached hydrogen (secondary N) is 1. The molecule has 0 spiro atoms. The number of rotatable bonds is 6. The molecular weight excluding hydrogens is 278 g/mol. The van der Waals surface area contributed by atoms with Gasteiger partial charge in [0.1, 0.15) is 0 Å². The Kier molecular flexibility index (Phi) is 5.16. The van der Waals surface area contributed by atoms with Gasteiger partial charge in [0.2, 0.25) is 11.8 Å². The van der Waals surface area contributed by atoms with Crippen molar-refractivity contribution >= 4 is 17.5 Å². The highest BCUT2D eigenvalue weighted by molar-refractivity contribution is 5.99. The molecule has 1 fully saturated rings. The molecule has 2 unspecified atom stereocenters. The number of unbranched alkanes of at least 4 members (excludes halogenated alkanes) is 1. The molecule has 1 aromatic carbocycles. The van der Waals surface area contributed by atoms with E-state index in [9.17, 15) is 9.59 Å². The first-order chi connectivity index (χ1) is 10.6. The number of amides is 2. The lowest BCUT2D eigenvalue weighted by Crippen LogP contribution is -2.30. The molecule has 2 atom stereocenters. The van der Waals surface area contributed by atoms with Gasteiger partial charge < -0.3 is 10.2 Å². The van der Waals surface area contributed by atoms with E-state index in [4.69, 9.17) is 5.26 Å². The normalized spacial score (nSPS) is 19.1. The second kappa shape index (κ2) is 7.08. The summed E-state index contributed by atoms with van der Waals surface area (Å²) in [5.41, 5.74) is 1.21. The van der Waals surface area contributed by atoms with Crippen molar-refractivity contribution in [2.75, 3.05) is 18.9 Å². The van der Waals surface area contributed by atoms with Crippen LogP contribution in [0.2, 0.25) is 0 Å². The standard InChI is InChI=1S/C17H21N3O2/c1-3-4-9-20(2)17(22)15-10-14(15)16(21)19-13-7-5-12(11-18)6-8-13/h5-8,14-15H,3-4,9-10H2,1-2H3,(H,19,21). The van der Waals surface area contributed by atoms with Crippen LogP contribution in [0.3, 0.4) is 0 Å². The zero-order valence-corrected chi connectivity index (χ0v) is 13.0. The lowest BCUT2D eigenvalue weighted by Gasteiger charge is -2.16. The van der Waals surface area contributed by atoms with Gasteiger partial charge in [-0.15, -0.1) is 0 Å². The van der Waals surface area contributed by atoms with Gasteiger partial charge in [0.25, 0.3) is 0 Å². The molecule has 1 saturated carbocycles. The van der Waals surface area contributed by atoms with Crippen molar-refractivity contribution in [2.45, 2.75) is 26.2 Å². The summed E-state index contributed by atoms with van der Waals surface area (Å²) in [7, 11) is 1.80. The topological polar surface area (TPSA) is 73.2 Å². The molecule has 0 bridgehead atoms. The average Bonchev–Trinajstić information content (AvgIpc) is 3.33. The number of nitrogens with zero attached hydrogens (tertiary/aromatic N) is 2. The zero-order valence-electron chi connectivity index (χ0n) is 13.0. The van der Waals surface area contributed by atoms with Crippen LogP contribution < -0.4 is 5.32 Å². The third-order valence-corrected chi connectivity index (χ3v) is 3.95. The molecule has 0 aromatic heterocycles. The fourth-order valence-electron chi connectivity index (χ4n) is 2.41. The van der Waals surface area contributed by atoms with E-state index in [1.807, 2.05) is 6.07 Å². The maximum atomic E-state index is 12.2. The molecule has 0 radical (unpaired) electrons. The van der Waals surface area contributed by atoms with Crippen LogP contribution in [0, 0.1) is 23.2 Å². The molecule has 116 valence electrons. The van der Waals surface area contributed by atoms with E-state index < -0.39 is 0 Å². The summed E-state index contributed by atoms with van der Waals surface area (Å²) in [5.74, 6) is -0.465. The maximum absolute atomic E-state index is 12.2. The summed E-state index contributed by atoms with van der Waals surface area (Å²) < 4.78 is 0. The molecule has 0 heterocycles. The Bertz CT molecular complexity index is 589. The third kappa shape index (κ3) is 3.85. The fraction of sp³-hybridized carbons (Fsp3) is 0.471. The molecule has 22 heavy (non-hydrogen) atoms. The van der Waals surface area contributed by atoms with E-state index in [2.05, 4.69) is 12.2 Å². The molecule has 2 amide bonds. The van der Waals surface area contributed by atoms with Gasteiger partial charge in [-0.1, -0.05) is 13.3 Å². The molecule has 1 aromatic rings. The van der Waals surface area contributed by atoms with Gasteiger partial charge in [-0.25, -0.2) is 0 Å². The van der Waals surface area contributed by atoms with Crippen LogP contribution in [-0.2, 0) is 9.59 Å². The Morgan fingerprint density at radius 2 is 2.00 bits per heavy atom. The first kappa shape index (κ1) is 16.0. The van der Waals surface area contributed by atoms with Gasteiger partial charge in [0, 0.05) is 19.3 Å². The minimum atomic E-state index is -0.229. The van der Waals surface area contributed by atoms with Gasteiger partial charge in [0.05, 0.1) is 23.5 Å². The van der Waals surface area contributed by atoms with Crippen molar-refractivity contribution in [2.24, 2.45) is 11.8 Å². The minimum absolute atomic E-state index is 0.0634. The van der Waals surface area contributed by atoms with Gasteiger partial charge in [0.15, 0.2) is 0 Å². The molecule has 5 nitrogen and oxygen atoms in total. The number of benzene rings is 1. The predicted molar refractivity (Wildman–Crippen MR) is 83.9 cm³/mol. The third-order valence-electron chi connectivity index (χ3n) is 3.95. The van der Waals surface area contributed by atoms with E-state index in [1.54, 1.807) is 36.2 Å². The molecule has 2 rings (SSSR count). The van der Waals surface area contributed by atoms with E-state index in [0.717, 1.165) is 19.4 Å². The first-order valence-corrected chi connectivity index (χ1v) is 7.62. The molecular formula is C17H21N3O2. The number of hydrogen-bond acceptors (Lipinski definition) is 3. The van der Waals surface area contributed by atoms with Gasteiger partial charge in [-0.2, -0.15) is 5.26 Å². The Labute approximate surface area is 130 Å². The fourth-order valence-corrected chi connectivity index (χ4v) is 2.41. The highest BCUT2D eigenvalue weighted by Gasteiger charge is 2.48. The predicted octanol–water partition coefficient (Wildman–Crippen LogP) is 2.39. The summed E-state index contributed by atoms with van der Waals surface area (Å²) in [5, 5.41) is 11.5. The Balaban J connectivity index is 1.85. The van der Waals surface area contributed by atoms with E-state index in [1.165, 1.54) is 0 Å². The minimum Gasteiger partial charge on any atom is -0.346 e. The van der Waals surface area contributed by atoms with Crippen LogP contribution in [0.5, 0.6) is 0 Å². The van der Waals surface area contributed by atoms with Crippen LogP contribution in [-0.4, -0.2) is 30.3 Å². The number of carbonyl (C=O) groups is 2. The summed E-state index contributed by atoms with van der Waals surface area (Å²) in [6.45, 7) is 2.83. The Morgan fingerprint density at radius 3 is 2.59 bits per heavy atom. The molecule has 0 saturated heterocycles. The van der Waals surface area contributed by atoms with Crippen LogP contribution >= 0.6 is 0 Å². The van der Waals surface area contributed by atoms with E-state index >= 15 is 0 Å². The molecule has 1 aliphatic rings. The summed E-state index contributed by atoms with van der Waals surface area (Å²) in [6.07, 6.45) is 2.65. The van der Waals surface area contributed by atoms with Gasteiger partial charge in [-0.3, -0.25) is 9.59 Å². The first-order valence-electron chi connectivity index (χ1n) is 7.62. The summed E-state index contributed by atoms with van der Waals surface area (Å²) in [6, 6.07) is 8.74. The molecule has 1 aliphatic carbocycles. The lowest BCUT2D eigenvalue weighted by molar-refractivity contribution is -0.132. The second-order valence-corrected chi connectivity index (χ2v) is 5.74. The van der Waals surface area contributed by atoms with Crippen molar-refractivity contribution in [1.82, 2.24) is 4.90 Å². The largest absolute Gasteiger partial charge is 0.346 e. The van der Waals surface area contributed by atoms with Crippen molar-refractivity contribution in [1.29, 1.82) is 5.26 Å². The van der Waals surface area contributed by atoms with Gasteiger partial charge >= 0.3 is 0 Å². The number of nitriles is 1. The quantitative estimate of drug-likeness (QED) is 0.876. The van der Waals surface area contributed by atoms with Crippen LogP contribution in [0.15, 0.2) is 24.3 Å². The van der Waals surface area contributed by atoms with Crippen molar-refractivity contribution < 1.29 is 9.59 Å². The summed E-state index contributed by atoms with van der Waals surface area (Å²) >= 11 is 0. The van der Waals surface area contributed by atoms with E-state index in [0.29, 0.717) is 17.7 Å². The van der Waals surface area contributed by atoms with Crippen molar-refractivity contribution in [3.63, 3.8) is 0 Å².